The summed E-state index contributed by atoms with van der Waals surface area (Å²) in [5.41, 5.74) is 3.72. The van der Waals surface area contributed by atoms with Crippen molar-refractivity contribution in [2.75, 3.05) is 0 Å². The predicted molar refractivity (Wildman–Crippen MR) is 148 cm³/mol. The van der Waals surface area contributed by atoms with E-state index in [0.29, 0.717) is 32.5 Å². The largest absolute Gasteiger partial charge is 0.488 e. The van der Waals surface area contributed by atoms with Crippen molar-refractivity contribution in [1.82, 2.24) is 4.90 Å². The Morgan fingerprint density at radius 2 is 1.80 bits per heavy atom. The minimum atomic E-state index is -0.0468. The zero-order valence-corrected chi connectivity index (χ0v) is 22.1. The molecule has 1 heterocycles. The average Bonchev–Trinajstić information content (AvgIpc) is 3.16. The molecule has 4 rings (SSSR count). The minimum Gasteiger partial charge on any atom is -0.488 e. The van der Waals surface area contributed by atoms with E-state index in [9.17, 15) is 4.79 Å². The van der Waals surface area contributed by atoms with Crippen molar-refractivity contribution >= 4 is 57.8 Å². The van der Waals surface area contributed by atoms with Crippen LogP contribution in [-0.2, 0) is 11.4 Å². The second-order valence-electron chi connectivity index (χ2n) is 8.35. The second kappa shape index (κ2) is 11.3. The number of ether oxygens (including phenoxy) is 1. The van der Waals surface area contributed by atoms with Gasteiger partial charge in [0.05, 0.1) is 20.6 Å². The van der Waals surface area contributed by atoms with Crippen molar-refractivity contribution in [3.8, 4) is 5.75 Å². The standard InChI is InChI=1S/C28H26Cl2N2O2S/c1-4-19(3)32-27(33)26(35-28(32)31-22-12-9-18(2)10-13-22)16-21-7-5-6-8-25(21)34-17-20-11-14-23(29)24(30)15-20/h5-16,19H,4,17H2,1-3H3/b26-16+,31-28?/t19-/m1/s1. The van der Waals surface area contributed by atoms with Gasteiger partial charge in [0.1, 0.15) is 12.4 Å². The Kier molecular flexibility index (Phi) is 8.22. The van der Waals surface area contributed by atoms with Crippen molar-refractivity contribution in [2.45, 2.75) is 39.8 Å². The zero-order chi connectivity index (χ0) is 24.9. The van der Waals surface area contributed by atoms with Crippen LogP contribution in [0.3, 0.4) is 0 Å². The van der Waals surface area contributed by atoms with Gasteiger partial charge < -0.3 is 4.74 Å². The van der Waals surface area contributed by atoms with Gasteiger partial charge in [0.25, 0.3) is 5.91 Å². The summed E-state index contributed by atoms with van der Waals surface area (Å²) in [5, 5.41) is 1.68. The Morgan fingerprint density at radius 1 is 1.06 bits per heavy atom. The molecule has 4 nitrogen and oxygen atoms in total. The van der Waals surface area contributed by atoms with E-state index in [1.165, 1.54) is 17.3 Å². The summed E-state index contributed by atoms with van der Waals surface area (Å²) in [5.74, 6) is 0.632. The van der Waals surface area contributed by atoms with E-state index in [-0.39, 0.29) is 11.9 Å². The number of carbonyl (C=O) groups excluding carboxylic acids is 1. The normalized spacial score (nSPS) is 16.8. The number of halogens is 2. The van der Waals surface area contributed by atoms with Crippen LogP contribution in [0.25, 0.3) is 6.08 Å². The van der Waals surface area contributed by atoms with Crippen LogP contribution in [0.1, 0.15) is 37.0 Å². The number of aliphatic imine (C=N–C) groups is 1. The van der Waals surface area contributed by atoms with E-state index in [1.54, 1.807) is 17.0 Å². The fourth-order valence-electron chi connectivity index (χ4n) is 3.53. The molecule has 3 aromatic carbocycles. The van der Waals surface area contributed by atoms with E-state index in [1.807, 2.05) is 74.5 Å². The number of benzene rings is 3. The highest BCUT2D eigenvalue weighted by Crippen LogP contribution is 2.37. The number of carbonyl (C=O) groups is 1. The fourth-order valence-corrected chi connectivity index (χ4v) is 4.93. The van der Waals surface area contributed by atoms with Gasteiger partial charge in [-0.25, -0.2) is 4.99 Å². The van der Waals surface area contributed by atoms with Crippen LogP contribution in [0.15, 0.2) is 76.6 Å². The Bertz CT molecular complexity index is 1290. The molecule has 0 aromatic heterocycles. The number of hydrogen-bond acceptors (Lipinski definition) is 4. The number of rotatable bonds is 7. The molecule has 0 bridgehead atoms. The Morgan fingerprint density at radius 3 is 2.51 bits per heavy atom. The predicted octanol–water partition coefficient (Wildman–Crippen LogP) is 8.28. The fraction of sp³-hybridized carbons (Fsp3) is 0.214. The molecule has 0 aliphatic carbocycles. The molecular formula is C28H26Cl2N2O2S. The van der Waals surface area contributed by atoms with E-state index in [0.717, 1.165) is 23.2 Å². The molecule has 1 fully saturated rings. The Hall–Kier alpha value is -2.73. The lowest BCUT2D eigenvalue weighted by molar-refractivity contribution is -0.123. The average molecular weight is 526 g/mol. The molecular weight excluding hydrogens is 499 g/mol. The molecule has 0 N–H and O–H groups in total. The van der Waals surface area contributed by atoms with Gasteiger partial charge in [-0.05, 0) is 74.0 Å². The highest BCUT2D eigenvalue weighted by molar-refractivity contribution is 8.18. The molecule has 1 aliphatic rings. The number of hydrogen-bond donors (Lipinski definition) is 0. The first-order valence-electron chi connectivity index (χ1n) is 11.4. The van der Waals surface area contributed by atoms with E-state index in [2.05, 4.69) is 6.92 Å². The summed E-state index contributed by atoms with van der Waals surface area (Å²) in [6, 6.07) is 21.1. The van der Waals surface area contributed by atoms with E-state index >= 15 is 0 Å². The van der Waals surface area contributed by atoms with Gasteiger partial charge in [0, 0.05) is 11.6 Å². The molecule has 1 atom stereocenters. The molecule has 1 aliphatic heterocycles. The third-order valence-electron chi connectivity index (χ3n) is 5.71. The molecule has 0 radical (unpaired) electrons. The summed E-state index contributed by atoms with van der Waals surface area (Å²) >= 11 is 13.5. The maximum absolute atomic E-state index is 13.4. The van der Waals surface area contributed by atoms with Gasteiger partial charge in [0.15, 0.2) is 5.17 Å². The van der Waals surface area contributed by atoms with Crippen LogP contribution in [0, 0.1) is 6.92 Å². The molecule has 0 unspecified atom stereocenters. The number of amidine groups is 1. The molecule has 180 valence electrons. The number of thioether (sulfide) groups is 1. The number of aryl methyl sites for hydroxylation is 1. The van der Waals surface area contributed by atoms with Crippen molar-refractivity contribution in [3.63, 3.8) is 0 Å². The molecule has 1 saturated heterocycles. The van der Waals surface area contributed by atoms with Crippen LogP contribution in [-0.4, -0.2) is 22.0 Å². The van der Waals surface area contributed by atoms with Crippen LogP contribution in [0.5, 0.6) is 5.75 Å². The number of nitrogens with zero attached hydrogens (tertiary/aromatic N) is 2. The number of amides is 1. The Balaban J connectivity index is 1.61. The summed E-state index contributed by atoms with van der Waals surface area (Å²) in [4.78, 5) is 20.6. The van der Waals surface area contributed by atoms with Gasteiger partial charge in [-0.3, -0.25) is 9.69 Å². The quantitative estimate of drug-likeness (QED) is 0.292. The lowest BCUT2D eigenvalue weighted by atomic mass is 10.1. The molecule has 35 heavy (non-hydrogen) atoms. The van der Waals surface area contributed by atoms with Gasteiger partial charge in [-0.15, -0.1) is 0 Å². The van der Waals surface area contributed by atoms with Crippen LogP contribution in [0.2, 0.25) is 10.0 Å². The maximum atomic E-state index is 13.4. The monoisotopic (exact) mass is 524 g/mol. The van der Waals surface area contributed by atoms with Gasteiger partial charge in [0.2, 0.25) is 0 Å². The number of para-hydroxylation sites is 1. The smallest absolute Gasteiger partial charge is 0.267 e. The Labute approximate surface area is 220 Å². The summed E-state index contributed by atoms with van der Waals surface area (Å²) in [6.07, 6.45) is 2.71. The van der Waals surface area contributed by atoms with Crippen molar-refractivity contribution in [1.29, 1.82) is 0 Å². The van der Waals surface area contributed by atoms with Crippen LogP contribution in [0.4, 0.5) is 5.69 Å². The van der Waals surface area contributed by atoms with Crippen LogP contribution < -0.4 is 4.74 Å². The summed E-state index contributed by atoms with van der Waals surface area (Å²) in [6.45, 7) is 6.48. The lowest BCUT2D eigenvalue weighted by Gasteiger charge is -2.22. The second-order valence-corrected chi connectivity index (χ2v) is 10.2. The highest BCUT2D eigenvalue weighted by atomic mass is 35.5. The third-order valence-corrected chi connectivity index (χ3v) is 7.43. The van der Waals surface area contributed by atoms with Crippen LogP contribution >= 0.6 is 35.0 Å². The highest BCUT2D eigenvalue weighted by Gasteiger charge is 2.36. The van der Waals surface area contributed by atoms with E-state index in [4.69, 9.17) is 32.9 Å². The van der Waals surface area contributed by atoms with Crippen molar-refractivity contribution in [3.05, 3.63) is 98.4 Å². The van der Waals surface area contributed by atoms with Gasteiger partial charge in [-0.1, -0.05) is 72.1 Å². The topological polar surface area (TPSA) is 41.9 Å². The first-order valence-corrected chi connectivity index (χ1v) is 13.0. The zero-order valence-electron chi connectivity index (χ0n) is 19.8. The van der Waals surface area contributed by atoms with Gasteiger partial charge >= 0.3 is 0 Å². The first kappa shape index (κ1) is 25.4. The third kappa shape index (κ3) is 6.10. The molecule has 1 amide bonds. The van der Waals surface area contributed by atoms with Gasteiger partial charge in [-0.2, -0.15) is 0 Å². The summed E-state index contributed by atoms with van der Waals surface area (Å²) in [7, 11) is 0. The SMILES string of the molecule is CC[C@@H](C)N1C(=O)/C(=C\c2ccccc2OCc2ccc(Cl)c(Cl)c2)SC1=Nc1ccc(C)cc1. The minimum absolute atomic E-state index is 0.0336. The first-order chi connectivity index (χ1) is 16.9. The maximum Gasteiger partial charge on any atom is 0.267 e. The summed E-state index contributed by atoms with van der Waals surface area (Å²) < 4.78 is 6.08. The molecule has 7 heteroatoms. The molecule has 0 spiro atoms. The van der Waals surface area contributed by atoms with E-state index < -0.39 is 0 Å². The molecule has 3 aromatic rings. The molecule has 0 saturated carbocycles. The lowest BCUT2D eigenvalue weighted by Crippen LogP contribution is -2.36. The van der Waals surface area contributed by atoms with Crippen molar-refractivity contribution < 1.29 is 9.53 Å². The van der Waals surface area contributed by atoms with Crippen molar-refractivity contribution in [2.24, 2.45) is 4.99 Å².